The first-order valence-corrected chi connectivity index (χ1v) is 10.2. The van der Waals surface area contributed by atoms with Crippen molar-refractivity contribution < 1.29 is 9.32 Å². The number of pyridine rings is 1. The topological polar surface area (TPSA) is 101 Å². The van der Waals surface area contributed by atoms with Crippen molar-refractivity contribution in [2.24, 2.45) is 0 Å². The molecule has 0 radical (unpaired) electrons. The van der Waals surface area contributed by atoms with E-state index < -0.39 is 0 Å². The molecule has 4 rings (SSSR count). The predicted octanol–water partition coefficient (Wildman–Crippen LogP) is 4.00. The first kappa shape index (κ1) is 20.5. The van der Waals surface area contributed by atoms with Gasteiger partial charge in [-0.1, -0.05) is 47.1 Å². The van der Waals surface area contributed by atoms with Gasteiger partial charge in [-0.2, -0.15) is 4.98 Å². The number of carbonyl (C=O) groups is 1. The number of fused-ring (bicyclic) bond motifs is 1. The number of aryl methyl sites for hydroxylation is 3. The minimum Gasteiger partial charge on any atom is -0.350 e. The molecular weight excluding hydrogens is 392 g/mol. The zero-order valence-corrected chi connectivity index (χ0v) is 17.7. The second-order valence-electron chi connectivity index (χ2n) is 7.81. The summed E-state index contributed by atoms with van der Waals surface area (Å²) in [4.78, 5) is 31.9. The van der Waals surface area contributed by atoms with E-state index in [0.29, 0.717) is 17.9 Å². The fraction of sp³-hybridized carbons (Fsp3) is 0.250. The standard InChI is InChI=1S/C24H24N4O3/c1-14-4-7-17(8-5-14)16(3)25-21(29)10-11-22-27-23(28-31-22)19-13-18-9-6-15(2)12-20(18)26-24(19)30/h4-9,12-13,16H,10-11H2,1-3H3,(H,25,29)(H,26,30)/t16-/m1/s1. The van der Waals surface area contributed by atoms with Crippen molar-refractivity contribution in [1.82, 2.24) is 20.4 Å². The molecular formula is C24H24N4O3. The maximum absolute atomic E-state index is 12.5. The van der Waals surface area contributed by atoms with E-state index in [0.717, 1.165) is 22.0 Å². The molecule has 0 saturated heterocycles. The second-order valence-corrected chi connectivity index (χ2v) is 7.81. The molecule has 2 aromatic carbocycles. The van der Waals surface area contributed by atoms with E-state index in [1.165, 1.54) is 5.56 Å². The zero-order valence-electron chi connectivity index (χ0n) is 17.7. The Balaban J connectivity index is 1.41. The van der Waals surface area contributed by atoms with Crippen molar-refractivity contribution >= 4 is 16.8 Å². The molecule has 4 aromatic rings. The molecule has 0 aliphatic heterocycles. The Morgan fingerprint density at radius 1 is 1.10 bits per heavy atom. The Bertz CT molecular complexity index is 1290. The molecule has 0 fully saturated rings. The Kier molecular flexibility index (Phi) is 5.66. The number of rotatable bonds is 6. The molecule has 7 nitrogen and oxygen atoms in total. The molecule has 0 bridgehead atoms. The van der Waals surface area contributed by atoms with Crippen LogP contribution in [0.25, 0.3) is 22.3 Å². The van der Waals surface area contributed by atoms with E-state index >= 15 is 0 Å². The van der Waals surface area contributed by atoms with Crippen LogP contribution in [0.5, 0.6) is 0 Å². The molecule has 1 atom stereocenters. The molecule has 0 aliphatic rings. The number of aromatic nitrogens is 3. The lowest BCUT2D eigenvalue weighted by Crippen LogP contribution is -2.26. The van der Waals surface area contributed by atoms with Crippen LogP contribution >= 0.6 is 0 Å². The largest absolute Gasteiger partial charge is 0.350 e. The van der Waals surface area contributed by atoms with Gasteiger partial charge < -0.3 is 14.8 Å². The van der Waals surface area contributed by atoms with Crippen molar-refractivity contribution in [3.8, 4) is 11.4 Å². The molecule has 2 N–H and O–H groups in total. The van der Waals surface area contributed by atoms with Gasteiger partial charge in [-0.05, 0) is 49.4 Å². The van der Waals surface area contributed by atoms with Crippen molar-refractivity contribution in [1.29, 1.82) is 0 Å². The molecule has 0 aliphatic carbocycles. The van der Waals surface area contributed by atoms with Crippen LogP contribution in [0.2, 0.25) is 0 Å². The lowest BCUT2D eigenvalue weighted by Gasteiger charge is -2.14. The third kappa shape index (κ3) is 4.71. The Morgan fingerprint density at radius 3 is 2.61 bits per heavy atom. The molecule has 0 spiro atoms. The van der Waals surface area contributed by atoms with Gasteiger partial charge in [-0.25, -0.2) is 0 Å². The van der Waals surface area contributed by atoms with Gasteiger partial charge in [0, 0.05) is 18.4 Å². The summed E-state index contributed by atoms with van der Waals surface area (Å²) in [7, 11) is 0. The molecule has 0 unspecified atom stereocenters. The summed E-state index contributed by atoms with van der Waals surface area (Å²) in [6.07, 6.45) is 0.509. The Morgan fingerprint density at radius 2 is 1.84 bits per heavy atom. The minimum atomic E-state index is -0.282. The van der Waals surface area contributed by atoms with Crippen LogP contribution in [0, 0.1) is 13.8 Å². The summed E-state index contributed by atoms with van der Waals surface area (Å²) in [6.45, 7) is 5.94. The number of carbonyl (C=O) groups excluding carboxylic acids is 1. The number of hydrogen-bond donors (Lipinski definition) is 2. The number of amides is 1. The molecule has 1 amide bonds. The Labute approximate surface area is 179 Å². The van der Waals surface area contributed by atoms with E-state index in [-0.39, 0.29) is 29.8 Å². The second kappa shape index (κ2) is 8.55. The quantitative estimate of drug-likeness (QED) is 0.495. The molecule has 158 valence electrons. The lowest BCUT2D eigenvalue weighted by atomic mass is 10.1. The van der Waals surface area contributed by atoms with Crippen LogP contribution in [0.4, 0.5) is 0 Å². The van der Waals surface area contributed by atoms with E-state index in [2.05, 4.69) is 20.4 Å². The number of nitrogens with one attached hydrogen (secondary N) is 2. The van der Waals surface area contributed by atoms with E-state index in [9.17, 15) is 9.59 Å². The van der Waals surface area contributed by atoms with Crippen molar-refractivity contribution in [2.45, 2.75) is 39.7 Å². The summed E-state index contributed by atoms with van der Waals surface area (Å²) in [5, 5.41) is 7.79. The molecule has 7 heteroatoms. The van der Waals surface area contributed by atoms with E-state index in [4.69, 9.17) is 4.52 Å². The monoisotopic (exact) mass is 416 g/mol. The van der Waals surface area contributed by atoms with Crippen LogP contribution in [0.1, 0.15) is 42.0 Å². The number of hydrogen-bond acceptors (Lipinski definition) is 5. The third-order valence-corrected chi connectivity index (χ3v) is 5.23. The van der Waals surface area contributed by atoms with Gasteiger partial charge in [0.2, 0.25) is 17.6 Å². The maximum atomic E-state index is 12.5. The van der Waals surface area contributed by atoms with Crippen molar-refractivity contribution in [2.75, 3.05) is 0 Å². The summed E-state index contributed by atoms with van der Waals surface area (Å²) in [6, 6.07) is 15.5. The normalized spacial score (nSPS) is 12.1. The SMILES string of the molecule is Cc1ccc([C@@H](C)NC(=O)CCc2nc(-c3cc4ccc(C)cc4[nH]c3=O)no2)cc1. The average molecular weight is 416 g/mol. The van der Waals surface area contributed by atoms with Gasteiger partial charge in [-0.3, -0.25) is 9.59 Å². The minimum absolute atomic E-state index is 0.0915. The van der Waals surface area contributed by atoms with Gasteiger partial charge in [0.05, 0.1) is 11.6 Å². The fourth-order valence-electron chi connectivity index (χ4n) is 3.42. The molecule has 31 heavy (non-hydrogen) atoms. The zero-order chi connectivity index (χ0) is 22.0. The summed E-state index contributed by atoms with van der Waals surface area (Å²) < 4.78 is 5.26. The van der Waals surface area contributed by atoms with Crippen molar-refractivity contribution in [3.05, 3.63) is 81.5 Å². The molecule has 2 aromatic heterocycles. The van der Waals surface area contributed by atoms with Gasteiger partial charge in [0.15, 0.2) is 0 Å². The molecule has 0 saturated carbocycles. The highest BCUT2D eigenvalue weighted by Gasteiger charge is 2.15. The highest BCUT2D eigenvalue weighted by atomic mass is 16.5. The average Bonchev–Trinajstić information content (AvgIpc) is 3.21. The van der Waals surface area contributed by atoms with Crippen molar-refractivity contribution in [3.63, 3.8) is 0 Å². The Hall–Kier alpha value is -3.74. The van der Waals surface area contributed by atoms with E-state index in [1.54, 1.807) is 6.07 Å². The van der Waals surface area contributed by atoms with Gasteiger partial charge >= 0.3 is 0 Å². The van der Waals surface area contributed by atoms with E-state index in [1.807, 2.05) is 63.2 Å². The van der Waals surface area contributed by atoms with Crippen LogP contribution < -0.4 is 10.9 Å². The predicted molar refractivity (Wildman–Crippen MR) is 119 cm³/mol. The molecule has 2 heterocycles. The van der Waals surface area contributed by atoms with Crippen LogP contribution in [0.3, 0.4) is 0 Å². The fourth-order valence-corrected chi connectivity index (χ4v) is 3.42. The van der Waals surface area contributed by atoms with Gasteiger partial charge in [-0.15, -0.1) is 0 Å². The smallest absolute Gasteiger partial charge is 0.259 e. The first-order chi connectivity index (χ1) is 14.9. The van der Waals surface area contributed by atoms with Crippen LogP contribution in [0.15, 0.2) is 57.8 Å². The van der Waals surface area contributed by atoms with Crippen LogP contribution in [-0.2, 0) is 11.2 Å². The number of benzene rings is 2. The summed E-state index contributed by atoms with van der Waals surface area (Å²) in [5.74, 6) is 0.426. The van der Waals surface area contributed by atoms with Gasteiger partial charge in [0.1, 0.15) is 0 Å². The summed E-state index contributed by atoms with van der Waals surface area (Å²) >= 11 is 0. The lowest BCUT2D eigenvalue weighted by molar-refractivity contribution is -0.121. The third-order valence-electron chi connectivity index (χ3n) is 5.23. The summed E-state index contributed by atoms with van der Waals surface area (Å²) in [5.41, 5.74) is 4.10. The maximum Gasteiger partial charge on any atom is 0.259 e. The number of nitrogens with zero attached hydrogens (tertiary/aromatic N) is 2. The van der Waals surface area contributed by atoms with Gasteiger partial charge in [0.25, 0.3) is 5.56 Å². The number of H-pyrrole nitrogens is 1. The highest BCUT2D eigenvalue weighted by Crippen LogP contribution is 2.19. The number of aromatic amines is 1. The first-order valence-electron chi connectivity index (χ1n) is 10.2. The highest BCUT2D eigenvalue weighted by molar-refractivity contribution is 5.82. The van der Waals surface area contributed by atoms with Crippen LogP contribution in [-0.4, -0.2) is 21.0 Å².